The molecule has 0 bridgehead atoms. The number of halogens is 1. The van der Waals surface area contributed by atoms with Crippen LogP contribution in [0.15, 0.2) is 17.0 Å². The van der Waals surface area contributed by atoms with Gasteiger partial charge in [0, 0.05) is 5.56 Å². The van der Waals surface area contributed by atoms with E-state index in [0.717, 1.165) is 5.56 Å². The maximum atomic E-state index is 9.89. The number of H-pyrrole nitrogens is 1. The molecule has 2 aromatic rings. The van der Waals surface area contributed by atoms with Gasteiger partial charge in [-0.25, -0.2) is 4.98 Å². The van der Waals surface area contributed by atoms with Crippen molar-refractivity contribution in [2.75, 3.05) is 6.61 Å². The number of hydrogen-bond acceptors (Lipinski definition) is 7. The molecule has 5 N–H and O–H groups in total. The van der Waals surface area contributed by atoms with Gasteiger partial charge in [0.2, 0.25) is 0 Å². The summed E-state index contributed by atoms with van der Waals surface area (Å²) in [6.45, 7) is 1.29. The van der Waals surface area contributed by atoms with Crippen LogP contribution in [0.5, 0.6) is 0 Å². The minimum atomic E-state index is -1.52. The Labute approximate surface area is 126 Å². The van der Waals surface area contributed by atoms with Gasteiger partial charge >= 0.3 is 0 Å². The molecule has 2 aromatic heterocycles. The summed E-state index contributed by atoms with van der Waals surface area (Å²) < 4.78 is 4.87. The van der Waals surface area contributed by atoms with Gasteiger partial charge in [-0.1, -0.05) is 12.1 Å². The lowest BCUT2D eigenvalue weighted by Gasteiger charge is -2.20. The SMILES string of the molecule is CCc1conc1-c1ncc([C@@H](O)[C@H](O)[C@H](O)CO)[nH]1.Cl. The van der Waals surface area contributed by atoms with Crippen molar-refractivity contribution in [1.29, 1.82) is 0 Å². The predicted octanol–water partition coefficient (Wildman–Crippen LogP) is -0.204. The van der Waals surface area contributed by atoms with Crippen LogP contribution in [0.3, 0.4) is 0 Å². The molecule has 2 heterocycles. The van der Waals surface area contributed by atoms with Crippen molar-refractivity contribution in [3.8, 4) is 11.5 Å². The summed E-state index contributed by atoms with van der Waals surface area (Å²) in [6, 6.07) is 0. The second-order valence-corrected chi connectivity index (χ2v) is 4.41. The monoisotopic (exact) mass is 319 g/mol. The molecule has 0 saturated heterocycles. The van der Waals surface area contributed by atoms with Crippen LogP contribution in [0.25, 0.3) is 11.5 Å². The Morgan fingerprint density at radius 2 is 2.05 bits per heavy atom. The predicted molar refractivity (Wildman–Crippen MR) is 74.8 cm³/mol. The van der Waals surface area contributed by atoms with Gasteiger partial charge in [-0.15, -0.1) is 12.4 Å². The zero-order valence-corrected chi connectivity index (χ0v) is 12.1. The van der Waals surface area contributed by atoms with E-state index in [2.05, 4.69) is 15.1 Å². The van der Waals surface area contributed by atoms with Crippen LogP contribution in [0.1, 0.15) is 24.3 Å². The first-order valence-corrected chi connectivity index (χ1v) is 6.22. The van der Waals surface area contributed by atoms with E-state index in [9.17, 15) is 15.3 Å². The van der Waals surface area contributed by atoms with Gasteiger partial charge in [0.1, 0.15) is 24.6 Å². The summed E-state index contributed by atoms with van der Waals surface area (Å²) >= 11 is 0. The molecule has 8 nitrogen and oxygen atoms in total. The lowest BCUT2D eigenvalue weighted by atomic mass is 10.1. The van der Waals surface area contributed by atoms with E-state index in [-0.39, 0.29) is 18.1 Å². The summed E-state index contributed by atoms with van der Waals surface area (Å²) in [4.78, 5) is 6.88. The number of imidazole rings is 1. The Balaban J connectivity index is 0.00000220. The van der Waals surface area contributed by atoms with E-state index in [4.69, 9.17) is 9.63 Å². The number of aryl methyl sites for hydroxylation is 1. The third-order valence-corrected chi connectivity index (χ3v) is 3.07. The Kier molecular flexibility index (Phi) is 6.31. The molecular weight excluding hydrogens is 302 g/mol. The van der Waals surface area contributed by atoms with Gasteiger partial charge in [-0.05, 0) is 6.42 Å². The molecule has 0 amide bonds. The molecule has 0 aliphatic heterocycles. The number of aromatic amines is 1. The van der Waals surface area contributed by atoms with Gasteiger partial charge in [-0.2, -0.15) is 0 Å². The number of hydrogen-bond donors (Lipinski definition) is 5. The first-order chi connectivity index (χ1) is 9.58. The average molecular weight is 320 g/mol. The number of aromatic nitrogens is 3. The van der Waals surface area contributed by atoms with E-state index in [1.54, 1.807) is 0 Å². The maximum Gasteiger partial charge on any atom is 0.160 e. The molecule has 0 aliphatic rings. The maximum absolute atomic E-state index is 9.89. The minimum Gasteiger partial charge on any atom is -0.394 e. The number of aliphatic hydroxyl groups excluding tert-OH is 4. The highest BCUT2D eigenvalue weighted by atomic mass is 35.5. The van der Waals surface area contributed by atoms with Crippen molar-refractivity contribution >= 4 is 12.4 Å². The third kappa shape index (κ3) is 3.60. The Morgan fingerprint density at radius 1 is 1.33 bits per heavy atom. The Morgan fingerprint density at radius 3 is 2.67 bits per heavy atom. The van der Waals surface area contributed by atoms with Crippen LogP contribution in [-0.4, -0.2) is 54.4 Å². The molecule has 0 aromatic carbocycles. The molecule has 21 heavy (non-hydrogen) atoms. The summed E-state index contributed by atoms with van der Waals surface area (Å²) in [6.07, 6.45) is -0.787. The van der Waals surface area contributed by atoms with Crippen LogP contribution < -0.4 is 0 Å². The molecule has 9 heteroatoms. The number of aliphatic hydroxyl groups is 4. The second-order valence-electron chi connectivity index (χ2n) is 4.41. The minimum absolute atomic E-state index is 0. The highest BCUT2D eigenvalue weighted by Crippen LogP contribution is 2.23. The van der Waals surface area contributed by atoms with Gasteiger partial charge in [0.05, 0.1) is 18.5 Å². The third-order valence-electron chi connectivity index (χ3n) is 3.07. The lowest BCUT2D eigenvalue weighted by Crippen LogP contribution is -2.34. The highest BCUT2D eigenvalue weighted by Gasteiger charge is 2.27. The quantitative estimate of drug-likeness (QED) is 0.497. The number of nitrogens with one attached hydrogen (secondary N) is 1. The standard InChI is InChI=1S/C12H17N3O5.ClH/c1-2-6-5-20-15-9(6)12-13-3-7(14-12)10(18)11(19)8(17)4-16;/h3,5,8,10-11,16-19H,2,4H2,1H3,(H,13,14);1H/t8-,10-,11-;/m1./s1. The van der Waals surface area contributed by atoms with Gasteiger partial charge in [0.15, 0.2) is 11.5 Å². The molecule has 3 atom stereocenters. The van der Waals surface area contributed by atoms with E-state index in [1.807, 2.05) is 6.92 Å². The Hall–Kier alpha value is -1.45. The van der Waals surface area contributed by atoms with Crippen molar-refractivity contribution in [3.05, 3.63) is 23.7 Å². The summed E-state index contributed by atoms with van der Waals surface area (Å²) in [7, 11) is 0. The zero-order valence-electron chi connectivity index (χ0n) is 11.3. The van der Waals surface area contributed by atoms with Gasteiger partial charge in [0.25, 0.3) is 0 Å². The van der Waals surface area contributed by atoms with E-state index in [0.29, 0.717) is 17.9 Å². The van der Waals surface area contributed by atoms with Crippen LogP contribution >= 0.6 is 12.4 Å². The highest BCUT2D eigenvalue weighted by molar-refractivity contribution is 5.85. The van der Waals surface area contributed by atoms with Crippen LogP contribution in [0.2, 0.25) is 0 Å². The topological polar surface area (TPSA) is 136 Å². The molecule has 0 radical (unpaired) electrons. The van der Waals surface area contributed by atoms with Crippen molar-refractivity contribution in [2.45, 2.75) is 31.7 Å². The lowest BCUT2D eigenvalue weighted by molar-refractivity contribution is -0.0788. The first-order valence-electron chi connectivity index (χ1n) is 6.22. The van der Waals surface area contributed by atoms with Crippen LogP contribution in [-0.2, 0) is 6.42 Å². The molecule has 0 fully saturated rings. The van der Waals surface area contributed by atoms with Crippen molar-refractivity contribution in [2.24, 2.45) is 0 Å². The van der Waals surface area contributed by atoms with Crippen molar-refractivity contribution in [3.63, 3.8) is 0 Å². The van der Waals surface area contributed by atoms with E-state index in [1.165, 1.54) is 12.5 Å². The van der Waals surface area contributed by atoms with E-state index >= 15 is 0 Å². The Bertz CT molecular complexity index is 559. The molecule has 0 aliphatic carbocycles. The normalized spacial score (nSPS) is 15.3. The molecule has 0 unspecified atom stereocenters. The fraction of sp³-hybridized carbons (Fsp3) is 0.500. The van der Waals surface area contributed by atoms with E-state index < -0.39 is 24.9 Å². The summed E-state index contributed by atoms with van der Waals surface area (Å²) in [5, 5.41) is 41.4. The fourth-order valence-electron chi connectivity index (χ4n) is 1.81. The second kappa shape index (κ2) is 7.53. The van der Waals surface area contributed by atoms with Crippen molar-refractivity contribution in [1.82, 2.24) is 15.1 Å². The molecule has 0 saturated carbocycles. The summed E-state index contributed by atoms with van der Waals surface area (Å²) in [5.41, 5.74) is 1.60. The molecular formula is C12H18ClN3O5. The average Bonchev–Trinajstić information content (AvgIpc) is 3.12. The summed E-state index contributed by atoms with van der Waals surface area (Å²) in [5.74, 6) is 0.398. The zero-order chi connectivity index (χ0) is 14.7. The molecule has 118 valence electrons. The molecule has 2 rings (SSSR count). The number of nitrogens with zero attached hydrogens (tertiary/aromatic N) is 2. The number of rotatable bonds is 6. The molecule has 0 spiro atoms. The van der Waals surface area contributed by atoms with Crippen LogP contribution in [0, 0.1) is 0 Å². The largest absolute Gasteiger partial charge is 0.394 e. The fourth-order valence-corrected chi connectivity index (χ4v) is 1.81. The van der Waals surface area contributed by atoms with Crippen LogP contribution in [0.4, 0.5) is 0 Å². The first kappa shape index (κ1) is 17.6. The van der Waals surface area contributed by atoms with Gasteiger partial charge in [-0.3, -0.25) is 0 Å². The van der Waals surface area contributed by atoms with Crippen molar-refractivity contribution < 1.29 is 24.9 Å². The van der Waals surface area contributed by atoms with Gasteiger partial charge < -0.3 is 29.9 Å². The smallest absolute Gasteiger partial charge is 0.160 e.